The molecular weight excluding hydrogens is 435 g/mol. The molecular formula is C15H10ClIN2O2S. The SMILES string of the molecule is O=C(NCc1ccc(Cl)cc1)c1c[nH]c2cc(I)sc2c1=O. The number of thiophene rings is 1. The Bertz CT molecular complexity index is 902. The largest absolute Gasteiger partial charge is 0.359 e. The summed E-state index contributed by atoms with van der Waals surface area (Å²) in [6, 6.07) is 9.07. The van der Waals surface area contributed by atoms with Crippen LogP contribution < -0.4 is 10.7 Å². The van der Waals surface area contributed by atoms with E-state index < -0.39 is 0 Å². The summed E-state index contributed by atoms with van der Waals surface area (Å²) in [4.78, 5) is 27.5. The van der Waals surface area contributed by atoms with Crippen LogP contribution in [-0.4, -0.2) is 10.9 Å². The van der Waals surface area contributed by atoms with Crippen LogP contribution in [0.1, 0.15) is 15.9 Å². The van der Waals surface area contributed by atoms with Gasteiger partial charge in [-0.1, -0.05) is 23.7 Å². The van der Waals surface area contributed by atoms with Gasteiger partial charge in [0.05, 0.1) is 13.1 Å². The zero-order chi connectivity index (χ0) is 15.7. The minimum absolute atomic E-state index is 0.125. The molecule has 2 aromatic heterocycles. The summed E-state index contributed by atoms with van der Waals surface area (Å²) in [5, 5.41) is 3.39. The number of rotatable bonds is 3. The normalized spacial score (nSPS) is 10.8. The topological polar surface area (TPSA) is 62.0 Å². The van der Waals surface area contributed by atoms with Crippen molar-refractivity contribution >= 4 is 61.7 Å². The van der Waals surface area contributed by atoms with E-state index in [0.29, 0.717) is 16.3 Å². The van der Waals surface area contributed by atoms with Crippen LogP contribution in [0, 0.1) is 2.88 Å². The van der Waals surface area contributed by atoms with Crippen LogP contribution >= 0.6 is 45.5 Å². The molecule has 0 unspecified atom stereocenters. The van der Waals surface area contributed by atoms with Crippen LogP contribution in [0.3, 0.4) is 0 Å². The van der Waals surface area contributed by atoms with E-state index >= 15 is 0 Å². The molecule has 1 aromatic carbocycles. The van der Waals surface area contributed by atoms with Gasteiger partial charge in [-0.15, -0.1) is 11.3 Å². The number of amides is 1. The standard InChI is InChI=1S/C15H10ClIN2O2S/c16-9-3-1-8(2-4-9)6-19-15(21)10-7-18-11-5-12(17)22-14(11)13(10)20/h1-5,7H,6H2,(H,18,20)(H,19,21). The lowest BCUT2D eigenvalue weighted by atomic mass is 10.2. The fourth-order valence-electron chi connectivity index (χ4n) is 2.02. The summed E-state index contributed by atoms with van der Waals surface area (Å²) in [5.74, 6) is -0.387. The number of nitrogens with one attached hydrogen (secondary N) is 2. The maximum atomic E-state index is 12.3. The van der Waals surface area contributed by atoms with Crippen molar-refractivity contribution < 1.29 is 4.79 Å². The second-order valence-corrected chi connectivity index (χ2v) is 8.02. The van der Waals surface area contributed by atoms with Crippen molar-refractivity contribution in [3.8, 4) is 0 Å². The summed E-state index contributed by atoms with van der Waals surface area (Å²) in [6.45, 7) is 0.343. The molecule has 0 aliphatic heterocycles. The minimum atomic E-state index is -0.387. The molecule has 0 fully saturated rings. The molecule has 0 atom stereocenters. The number of H-pyrrole nitrogens is 1. The lowest BCUT2D eigenvalue weighted by Gasteiger charge is -2.05. The molecule has 2 heterocycles. The van der Waals surface area contributed by atoms with Gasteiger partial charge in [0.15, 0.2) is 0 Å². The van der Waals surface area contributed by atoms with Crippen LogP contribution in [0.25, 0.3) is 10.2 Å². The average molecular weight is 445 g/mol. The molecule has 22 heavy (non-hydrogen) atoms. The molecule has 3 rings (SSSR count). The van der Waals surface area contributed by atoms with Gasteiger partial charge in [-0.25, -0.2) is 0 Å². The Kier molecular flexibility index (Phi) is 4.51. The first-order chi connectivity index (χ1) is 10.5. The number of carbonyl (C=O) groups is 1. The highest BCUT2D eigenvalue weighted by Gasteiger charge is 2.14. The molecule has 0 saturated carbocycles. The third-order valence-corrected chi connectivity index (χ3v) is 5.28. The van der Waals surface area contributed by atoms with Crippen molar-refractivity contribution in [2.75, 3.05) is 0 Å². The first-order valence-corrected chi connectivity index (χ1v) is 8.65. The number of aromatic nitrogens is 1. The number of halogens is 2. The zero-order valence-corrected chi connectivity index (χ0v) is 14.9. The summed E-state index contributed by atoms with van der Waals surface area (Å²) in [7, 11) is 0. The third-order valence-electron chi connectivity index (χ3n) is 3.14. The second kappa shape index (κ2) is 6.39. The molecule has 112 valence electrons. The van der Waals surface area contributed by atoms with Gasteiger partial charge in [-0.05, 0) is 46.4 Å². The number of fused-ring (bicyclic) bond motifs is 1. The Hall–Kier alpha value is -1.38. The number of pyridine rings is 1. The predicted molar refractivity (Wildman–Crippen MR) is 97.8 cm³/mol. The van der Waals surface area contributed by atoms with Crippen LogP contribution in [0.4, 0.5) is 0 Å². The first-order valence-electron chi connectivity index (χ1n) is 6.38. The van der Waals surface area contributed by atoms with Gasteiger partial charge in [0.2, 0.25) is 5.43 Å². The van der Waals surface area contributed by atoms with Crippen molar-refractivity contribution in [2.45, 2.75) is 6.54 Å². The van der Waals surface area contributed by atoms with Crippen molar-refractivity contribution in [1.82, 2.24) is 10.3 Å². The van der Waals surface area contributed by atoms with Crippen LogP contribution in [0.15, 0.2) is 41.3 Å². The summed E-state index contributed by atoms with van der Waals surface area (Å²) in [6.07, 6.45) is 1.46. The Balaban J connectivity index is 1.81. The lowest BCUT2D eigenvalue weighted by Crippen LogP contribution is -2.28. The van der Waals surface area contributed by atoms with Gasteiger partial charge < -0.3 is 10.3 Å². The average Bonchev–Trinajstić information content (AvgIpc) is 2.88. The number of aromatic amines is 1. The summed E-state index contributed by atoms with van der Waals surface area (Å²) in [5.41, 5.74) is 1.56. The predicted octanol–water partition coefficient (Wildman–Crippen LogP) is 3.78. The molecule has 0 bridgehead atoms. The Morgan fingerprint density at radius 1 is 1.32 bits per heavy atom. The highest BCUT2D eigenvalue weighted by molar-refractivity contribution is 14.1. The highest BCUT2D eigenvalue weighted by Crippen LogP contribution is 2.22. The molecule has 7 heteroatoms. The molecule has 4 nitrogen and oxygen atoms in total. The Morgan fingerprint density at radius 2 is 2.05 bits per heavy atom. The van der Waals surface area contributed by atoms with E-state index in [9.17, 15) is 9.59 Å². The van der Waals surface area contributed by atoms with E-state index in [-0.39, 0.29) is 16.9 Å². The van der Waals surface area contributed by atoms with Crippen LogP contribution in [0.5, 0.6) is 0 Å². The maximum Gasteiger partial charge on any atom is 0.257 e. The van der Waals surface area contributed by atoms with Crippen molar-refractivity contribution in [3.63, 3.8) is 0 Å². The summed E-state index contributed by atoms with van der Waals surface area (Å²) >= 11 is 9.34. The van der Waals surface area contributed by atoms with E-state index in [1.165, 1.54) is 17.5 Å². The summed E-state index contributed by atoms with van der Waals surface area (Å²) < 4.78 is 1.57. The van der Waals surface area contributed by atoms with E-state index in [2.05, 4.69) is 32.9 Å². The fourth-order valence-corrected chi connectivity index (χ4v) is 3.92. The van der Waals surface area contributed by atoms with Gasteiger partial charge in [-0.3, -0.25) is 9.59 Å². The van der Waals surface area contributed by atoms with Gasteiger partial charge >= 0.3 is 0 Å². The first kappa shape index (κ1) is 15.5. The second-order valence-electron chi connectivity index (χ2n) is 4.63. The molecule has 0 aliphatic rings. The molecule has 0 radical (unpaired) electrons. The third kappa shape index (κ3) is 3.18. The maximum absolute atomic E-state index is 12.3. The van der Waals surface area contributed by atoms with E-state index in [1.807, 2.05) is 18.2 Å². The van der Waals surface area contributed by atoms with Gasteiger partial charge in [0.1, 0.15) is 5.56 Å². The molecule has 1 amide bonds. The van der Waals surface area contributed by atoms with Gasteiger partial charge in [-0.2, -0.15) is 0 Å². The molecule has 0 spiro atoms. The quantitative estimate of drug-likeness (QED) is 0.604. The monoisotopic (exact) mass is 444 g/mol. The number of carbonyl (C=O) groups excluding carboxylic acids is 1. The molecule has 2 N–H and O–H groups in total. The number of hydrogen-bond donors (Lipinski definition) is 2. The number of hydrogen-bond acceptors (Lipinski definition) is 3. The molecule has 0 saturated heterocycles. The highest BCUT2D eigenvalue weighted by atomic mass is 127. The Morgan fingerprint density at radius 3 is 2.77 bits per heavy atom. The van der Waals surface area contributed by atoms with E-state index in [1.54, 1.807) is 12.1 Å². The van der Waals surface area contributed by atoms with Crippen molar-refractivity contribution in [2.24, 2.45) is 0 Å². The minimum Gasteiger partial charge on any atom is -0.359 e. The van der Waals surface area contributed by atoms with Gasteiger partial charge in [0, 0.05) is 17.8 Å². The van der Waals surface area contributed by atoms with E-state index in [0.717, 1.165) is 14.0 Å². The fraction of sp³-hybridized carbons (Fsp3) is 0.0667. The number of benzene rings is 1. The van der Waals surface area contributed by atoms with Crippen molar-refractivity contribution in [1.29, 1.82) is 0 Å². The molecule has 0 aliphatic carbocycles. The smallest absolute Gasteiger partial charge is 0.257 e. The Labute approximate surface area is 148 Å². The van der Waals surface area contributed by atoms with Crippen LogP contribution in [0.2, 0.25) is 5.02 Å². The van der Waals surface area contributed by atoms with Gasteiger partial charge in [0.25, 0.3) is 5.91 Å². The zero-order valence-electron chi connectivity index (χ0n) is 11.2. The van der Waals surface area contributed by atoms with Crippen molar-refractivity contribution in [3.05, 3.63) is 65.8 Å². The van der Waals surface area contributed by atoms with Crippen LogP contribution in [-0.2, 0) is 6.54 Å². The molecule has 3 aromatic rings. The lowest BCUT2D eigenvalue weighted by molar-refractivity contribution is 0.0949. The van der Waals surface area contributed by atoms with E-state index in [4.69, 9.17) is 11.6 Å².